The fourth-order valence-electron chi connectivity index (χ4n) is 3.50. The highest BCUT2D eigenvalue weighted by atomic mass is 16.5. The molecule has 0 bridgehead atoms. The Kier molecular flexibility index (Phi) is 2.82. The van der Waals surface area contributed by atoms with E-state index in [0.717, 1.165) is 25.7 Å². The van der Waals surface area contributed by atoms with Gasteiger partial charge in [-0.3, -0.25) is 4.90 Å². The number of hydrogen-bond acceptors (Lipinski definition) is 2. The van der Waals surface area contributed by atoms with Crippen LogP contribution in [0, 0.1) is 5.92 Å². The number of H-pyrrole nitrogens is 1. The number of nitrogens with zero attached hydrogens (tertiary/aromatic N) is 1. The third kappa shape index (κ3) is 2.07. The van der Waals surface area contributed by atoms with Crippen molar-refractivity contribution in [1.82, 2.24) is 9.88 Å². The molecule has 1 fully saturated rings. The van der Waals surface area contributed by atoms with Gasteiger partial charge in [-0.2, -0.15) is 0 Å². The molecule has 0 spiro atoms. The van der Waals surface area contributed by atoms with Gasteiger partial charge in [0.2, 0.25) is 0 Å². The molecule has 19 heavy (non-hydrogen) atoms. The summed E-state index contributed by atoms with van der Waals surface area (Å²) in [5.41, 5.74) is 4.25. The van der Waals surface area contributed by atoms with Crippen molar-refractivity contribution in [2.45, 2.75) is 19.4 Å². The monoisotopic (exact) mass is 256 g/mol. The molecule has 0 amide bonds. The summed E-state index contributed by atoms with van der Waals surface area (Å²) in [7, 11) is 0. The van der Waals surface area contributed by atoms with E-state index in [2.05, 4.69) is 34.1 Å². The van der Waals surface area contributed by atoms with Gasteiger partial charge in [-0.15, -0.1) is 0 Å². The molecular weight excluding hydrogens is 236 g/mol. The van der Waals surface area contributed by atoms with Crippen molar-refractivity contribution >= 4 is 10.9 Å². The average Bonchev–Trinajstić information content (AvgIpc) is 3.05. The Morgan fingerprint density at radius 1 is 1.32 bits per heavy atom. The molecule has 4 rings (SSSR count). The molecule has 0 radical (unpaired) electrons. The van der Waals surface area contributed by atoms with Gasteiger partial charge in [0.05, 0.1) is 6.61 Å². The van der Waals surface area contributed by atoms with Crippen molar-refractivity contribution < 1.29 is 4.74 Å². The largest absolute Gasteiger partial charge is 0.381 e. The molecule has 1 N–H and O–H groups in total. The molecule has 1 saturated heterocycles. The standard InChI is InChI=1S/C16H20N2O/c1-2-4-15-13(3-1)14-5-7-18(10-16(14)17-15)9-12-6-8-19-11-12/h1-4,12,17H,5-11H2/t12-/m1/s1. The highest BCUT2D eigenvalue weighted by Crippen LogP contribution is 2.28. The van der Waals surface area contributed by atoms with E-state index in [1.165, 1.54) is 48.1 Å². The first-order valence-electron chi connectivity index (χ1n) is 7.29. The molecule has 1 aromatic carbocycles. The van der Waals surface area contributed by atoms with Crippen LogP contribution in [0.25, 0.3) is 10.9 Å². The third-order valence-corrected chi connectivity index (χ3v) is 4.50. The average molecular weight is 256 g/mol. The predicted molar refractivity (Wildman–Crippen MR) is 76.2 cm³/mol. The SMILES string of the molecule is c1ccc2c3c([nH]c2c1)CN(C[C@H]1CCOC1)CC3. The van der Waals surface area contributed by atoms with Crippen molar-refractivity contribution in [3.63, 3.8) is 0 Å². The second-order valence-corrected chi connectivity index (χ2v) is 5.84. The van der Waals surface area contributed by atoms with Crippen LogP contribution in [-0.2, 0) is 17.7 Å². The van der Waals surface area contributed by atoms with E-state index in [0.29, 0.717) is 0 Å². The summed E-state index contributed by atoms with van der Waals surface area (Å²) in [6.07, 6.45) is 2.41. The zero-order chi connectivity index (χ0) is 12.7. The third-order valence-electron chi connectivity index (χ3n) is 4.50. The molecule has 0 aliphatic carbocycles. The number of nitrogens with one attached hydrogen (secondary N) is 1. The lowest BCUT2D eigenvalue weighted by molar-refractivity contribution is 0.161. The molecule has 0 saturated carbocycles. The Labute approximate surface area is 113 Å². The second kappa shape index (κ2) is 4.66. The topological polar surface area (TPSA) is 28.3 Å². The molecule has 2 aliphatic heterocycles. The Hall–Kier alpha value is -1.32. The summed E-state index contributed by atoms with van der Waals surface area (Å²) in [6.45, 7) is 5.35. The van der Waals surface area contributed by atoms with Gasteiger partial charge in [0.25, 0.3) is 0 Å². The maximum Gasteiger partial charge on any atom is 0.0507 e. The van der Waals surface area contributed by atoms with Crippen LogP contribution < -0.4 is 0 Å². The van der Waals surface area contributed by atoms with Gasteiger partial charge < -0.3 is 9.72 Å². The van der Waals surface area contributed by atoms with Gasteiger partial charge in [-0.1, -0.05) is 18.2 Å². The number of benzene rings is 1. The zero-order valence-electron chi connectivity index (χ0n) is 11.2. The fraction of sp³-hybridized carbons (Fsp3) is 0.500. The summed E-state index contributed by atoms with van der Waals surface area (Å²) in [4.78, 5) is 6.18. The summed E-state index contributed by atoms with van der Waals surface area (Å²) in [6, 6.07) is 8.67. The fourth-order valence-corrected chi connectivity index (χ4v) is 3.50. The number of para-hydroxylation sites is 1. The van der Waals surface area contributed by atoms with E-state index in [4.69, 9.17) is 4.74 Å². The number of hydrogen-bond donors (Lipinski definition) is 1. The number of rotatable bonds is 2. The molecule has 1 atom stereocenters. The minimum atomic E-state index is 0.742. The highest BCUT2D eigenvalue weighted by Gasteiger charge is 2.24. The predicted octanol–water partition coefficient (Wildman–Crippen LogP) is 2.56. The minimum absolute atomic E-state index is 0.742. The molecule has 1 aromatic heterocycles. The van der Waals surface area contributed by atoms with Crippen LogP contribution in [0.3, 0.4) is 0 Å². The molecule has 3 nitrogen and oxygen atoms in total. The van der Waals surface area contributed by atoms with Crippen molar-refractivity contribution in [3.8, 4) is 0 Å². The molecule has 3 heterocycles. The lowest BCUT2D eigenvalue weighted by atomic mass is 10.0. The molecular formula is C16H20N2O. The van der Waals surface area contributed by atoms with Crippen LogP contribution in [0.1, 0.15) is 17.7 Å². The Morgan fingerprint density at radius 2 is 2.26 bits per heavy atom. The summed E-state index contributed by atoms with van der Waals surface area (Å²) in [5.74, 6) is 0.742. The summed E-state index contributed by atoms with van der Waals surface area (Å²) in [5, 5.41) is 1.42. The van der Waals surface area contributed by atoms with Crippen LogP contribution >= 0.6 is 0 Å². The van der Waals surface area contributed by atoms with E-state index in [-0.39, 0.29) is 0 Å². The lowest BCUT2D eigenvalue weighted by Gasteiger charge is -2.28. The van der Waals surface area contributed by atoms with Crippen LogP contribution in [0.2, 0.25) is 0 Å². The summed E-state index contributed by atoms with van der Waals surface area (Å²) >= 11 is 0. The van der Waals surface area contributed by atoms with Gasteiger partial charge >= 0.3 is 0 Å². The quantitative estimate of drug-likeness (QED) is 0.894. The maximum absolute atomic E-state index is 5.48. The van der Waals surface area contributed by atoms with Crippen molar-refractivity contribution in [2.24, 2.45) is 5.92 Å². The molecule has 0 unspecified atom stereocenters. The molecule has 100 valence electrons. The van der Waals surface area contributed by atoms with E-state index in [1.54, 1.807) is 0 Å². The number of aromatic amines is 1. The normalized spacial score (nSPS) is 23.9. The number of aromatic nitrogens is 1. The maximum atomic E-state index is 5.48. The molecule has 2 aromatic rings. The lowest BCUT2D eigenvalue weighted by Crippen LogP contribution is -2.34. The van der Waals surface area contributed by atoms with Crippen LogP contribution in [0.5, 0.6) is 0 Å². The van der Waals surface area contributed by atoms with E-state index < -0.39 is 0 Å². The van der Waals surface area contributed by atoms with Gasteiger partial charge in [-0.05, 0) is 30.4 Å². The van der Waals surface area contributed by atoms with Crippen molar-refractivity contribution in [1.29, 1.82) is 0 Å². The first-order chi connectivity index (χ1) is 9.40. The van der Waals surface area contributed by atoms with Crippen molar-refractivity contribution in [3.05, 3.63) is 35.5 Å². The van der Waals surface area contributed by atoms with Crippen LogP contribution in [-0.4, -0.2) is 36.2 Å². The first kappa shape index (κ1) is 11.5. The van der Waals surface area contributed by atoms with Gasteiger partial charge in [0.1, 0.15) is 0 Å². The van der Waals surface area contributed by atoms with Gasteiger partial charge in [0, 0.05) is 42.8 Å². The summed E-state index contributed by atoms with van der Waals surface area (Å²) < 4.78 is 5.48. The molecule has 2 aliphatic rings. The number of fused-ring (bicyclic) bond motifs is 3. The smallest absolute Gasteiger partial charge is 0.0507 e. The minimum Gasteiger partial charge on any atom is -0.381 e. The zero-order valence-corrected chi connectivity index (χ0v) is 11.2. The van der Waals surface area contributed by atoms with Gasteiger partial charge in [0.15, 0.2) is 0 Å². The highest BCUT2D eigenvalue weighted by molar-refractivity contribution is 5.84. The Bertz CT molecular complexity index is 583. The number of ether oxygens (including phenoxy) is 1. The van der Waals surface area contributed by atoms with E-state index in [1.807, 2.05) is 0 Å². The first-order valence-corrected chi connectivity index (χ1v) is 7.29. The van der Waals surface area contributed by atoms with E-state index in [9.17, 15) is 0 Å². The van der Waals surface area contributed by atoms with Crippen LogP contribution in [0.4, 0.5) is 0 Å². The van der Waals surface area contributed by atoms with E-state index >= 15 is 0 Å². The second-order valence-electron chi connectivity index (χ2n) is 5.84. The van der Waals surface area contributed by atoms with Gasteiger partial charge in [-0.25, -0.2) is 0 Å². The van der Waals surface area contributed by atoms with Crippen LogP contribution in [0.15, 0.2) is 24.3 Å². The van der Waals surface area contributed by atoms with Crippen molar-refractivity contribution in [2.75, 3.05) is 26.3 Å². The Morgan fingerprint density at radius 3 is 3.16 bits per heavy atom. The molecule has 3 heteroatoms. The Balaban J connectivity index is 1.56.